The molecule has 1 aromatic carbocycles. The van der Waals surface area contributed by atoms with Crippen molar-refractivity contribution in [3.63, 3.8) is 0 Å². The summed E-state index contributed by atoms with van der Waals surface area (Å²) in [6, 6.07) is 5.39. The van der Waals surface area contributed by atoms with Crippen molar-refractivity contribution in [3.8, 4) is 0 Å². The third-order valence-corrected chi connectivity index (χ3v) is 7.61. The summed E-state index contributed by atoms with van der Waals surface area (Å²) in [5.74, 6) is 0. The molecule has 144 valence electrons. The molecule has 3 rings (SSSR count). The maximum atomic E-state index is 13.1. The molecule has 0 unspecified atom stereocenters. The number of hydrogen-bond donors (Lipinski definition) is 1. The Balaban J connectivity index is 1.91. The minimum absolute atomic E-state index is 0.0827. The molecule has 0 atom stereocenters. The summed E-state index contributed by atoms with van der Waals surface area (Å²) < 4.78 is 39.8. The van der Waals surface area contributed by atoms with Gasteiger partial charge in [0.05, 0.1) is 16.1 Å². The van der Waals surface area contributed by atoms with Crippen molar-refractivity contribution in [1.29, 1.82) is 0 Å². The van der Waals surface area contributed by atoms with E-state index in [0.717, 1.165) is 11.0 Å². The molecule has 0 saturated carbocycles. The fourth-order valence-electron chi connectivity index (χ4n) is 3.31. The van der Waals surface area contributed by atoms with Crippen LogP contribution in [0, 0.1) is 6.92 Å². The summed E-state index contributed by atoms with van der Waals surface area (Å²) in [6.07, 6.45) is 1.38. The van der Waals surface area contributed by atoms with Crippen LogP contribution in [-0.2, 0) is 19.3 Å². The Kier molecular flexibility index (Phi) is 5.03. The van der Waals surface area contributed by atoms with Gasteiger partial charge in [0.1, 0.15) is 0 Å². The molecule has 6 nitrogen and oxygen atoms in total. The van der Waals surface area contributed by atoms with Gasteiger partial charge in [0.15, 0.2) is 0 Å². The van der Waals surface area contributed by atoms with Crippen LogP contribution >= 0.6 is 0 Å². The Morgan fingerprint density at radius 2 is 1.62 bits per heavy atom. The van der Waals surface area contributed by atoms with Gasteiger partial charge < -0.3 is 15.0 Å². The summed E-state index contributed by atoms with van der Waals surface area (Å²) in [5.41, 5.74) is 6.57. The molecule has 0 bridgehead atoms. The lowest BCUT2D eigenvalue weighted by atomic mass is 9.78. The van der Waals surface area contributed by atoms with E-state index >= 15 is 0 Å². The van der Waals surface area contributed by atoms with Gasteiger partial charge in [-0.2, -0.15) is 4.31 Å². The number of hydrogen-bond acceptors (Lipinski definition) is 5. The molecule has 1 aromatic rings. The first kappa shape index (κ1) is 19.8. The number of aryl methyl sites for hydroxylation is 1. The smallest absolute Gasteiger partial charge is 0.399 e. The van der Waals surface area contributed by atoms with Crippen LogP contribution in [0.2, 0.25) is 0 Å². The fraction of sp³-hybridized carbons (Fsp3) is 0.667. The van der Waals surface area contributed by atoms with Gasteiger partial charge in [0, 0.05) is 19.1 Å². The number of nitrogens with zero attached hydrogens (tertiary/aromatic N) is 1. The zero-order valence-corrected chi connectivity index (χ0v) is 17.1. The second-order valence-corrected chi connectivity index (χ2v) is 10.3. The lowest BCUT2D eigenvalue weighted by Gasteiger charge is -2.32. The summed E-state index contributed by atoms with van der Waals surface area (Å²) >= 11 is 0. The number of piperidine rings is 1. The minimum Gasteiger partial charge on any atom is -0.399 e. The molecule has 0 aliphatic carbocycles. The highest BCUT2D eigenvalue weighted by Gasteiger charge is 2.51. The van der Waals surface area contributed by atoms with E-state index in [0.29, 0.717) is 25.9 Å². The third kappa shape index (κ3) is 3.58. The first-order valence-electron chi connectivity index (χ1n) is 9.15. The largest absolute Gasteiger partial charge is 0.494 e. The standard InChI is InChI=1S/C18H29BN2O4S/c1-13-10-14(19-24-17(2,3)18(4,5)25-19)12-16(11-13)26(22,23)21-8-6-15(20)7-9-21/h10-12,15H,6-9,20H2,1-5H3. The van der Waals surface area contributed by atoms with Crippen molar-refractivity contribution in [1.82, 2.24) is 4.31 Å². The van der Waals surface area contributed by atoms with Crippen LogP contribution in [0.4, 0.5) is 0 Å². The van der Waals surface area contributed by atoms with Crippen molar-refractivity contribution in [2.24, 2.45) is 5.73 Å². The molecule has 2 aliphatic rings. The molecule has 8 heteroatoms. The van der Waals surface area contributed by atoms with E-state index in [2.05, 4.69) is 0 Å². The Hall–Kier alpha value is -0.925. The van der Waals surface area contributed by atoms with Gasteiger partial charge in [-0.1, -0.05) is 11.6 Å². The van der Waals surface area contributed by atoms with Crippen LogP contribution < -0.4 is 11.2 Å². The van der Waals surface area contributed by atoms with Crippen LogP contribution in [-0.4, -0.2) is 50.2 Å². The minimum atomic E-state index is -3.55. The Morgan fingerprint density at radius 3 is 2.15 bits per heavy atom. The first-order chi connectivity index (χ1) is 11.9. The molecule has 2 saturated heterocycles. The molecule has 2 N–H and O–H groups in total. The maximum absolute atomic E-state index is 13.1. The van der Waals surface area contributed by atoms with Crippen LogP contribution in [0.5, 0.6) is 0 Å². The summed E-state index contributed by atoms with van der Waals surface area (Å²) in [6.45, 7) is 10.7. The van der Waals surface area contributed by atoms with E-state index in [1.54, 1.807) is 12.1 Å². The highest BCUT2D eigenvalue weighted by molar-refractivity contribution is 7.89. The highest BCUT2D eigenvalue weighted by Crippen LogP contribution is 2.36. The third-order valence-electron chi connectivity index (χ3n) is 5.73. The summed E-state index contributed by atoms with van der Waals surface area (Å²) in [7, 11) is -4.13. The average molecular weight is 380 g/mol. The molecule has 0 spiro atoms. The average Bonchev–Trinajstić information content (AvgIpc) is 2.75. The topological polar surface area (TPSA) is 81.9 Å². The zero-order chi connectivity index (χ0) is 19.3. The van der Waals surface area contributed by atoms with Gasteiger partial charge in [-0.05, 0) is 65.1 Å². The van der Waals surface area contributed by atoms with Gasteiger partial charge in [-0.25, -0.2) is 8.42 Å². The lowest BCUT2D eigenvalue weighted by Crippen LogP contribution is -2.43. The van der Waals surface area contributed by atoms with Crippen molar-refractivity contribution in [2.45, 2.75) is 69.6 Å². The van der Waals surface area contributed by atoms with E-state index in [1.165, 1.54) is 4.31 Å². The fourth-order valence-corrected chi connectivity index (χ4v) is 4.92. The van der Waals surface area contributed by atoms with Gasteiger partial charge in [-0.3, -0.25) is 0 Å². The summed E-state index contributed by atoms with van der Waals surface area (Å²) in [4.78, 5) is 0.290. The normalized spacial score (nSPS) is 24.2. The monoisotopic (exact) mass is 380 g/mol. The molecular formula is C18H29BN2O4S. The first-order valence-corrected chi connectivity index (χ1v) is 10.6. The van der Waals surface area contributed by atoms with Crippen molar-refractivity contribution >= 4 is 22.6 Å². The van der Waals surface area contributed by atoms with Crippen molar-refractivity contribution in [2.75, 3.05) is 13.1 Å². The number of nitrogens with two attached hydrogens (primary N) is 1. The van der Waals surface area contributed by atoms with E-state index in [4.69, 9.17) is 15.0 Å². The van der Waals surface area contributed by atoms with Crippen LogP contribution in [0.15, 0.2) is 23.1 Å². The predicted octanol–water partition coefficient (Wildman–Crippen LogP) is 1.41. The Bertz CT molecular complexity index is 770. The SMILES string of the molecule is Cc1cc(B2OC(C)(C)C(C)(C)O2)cc(S(=O)(=O)N2CCC(N)CC2)c1. The van der Waals surface area contributed by atoms with Crippen molar-refractivity contribution in [3.05, 3.63) is 23.8 Å². The van der Waals surface area contributed by atoms with Gasteiger partial charge in [-0.15, -0.1) is 0 Å². The molecule has 2 aliphatic heterocycles. The second-order valence-electron chi connectivity index (χ2n) is 8.41. The van der Waals surface area contributed by atoms with Gasteiger partial charge >= 0.3 is 7.12 Å². The van der Waals surface area contributed by atoms with Gasteiger partial charge in [0.25, 0.3) is 0 Å². The van der Waals surface area contributed by atoms with E-state index in [9.17, 15) is 8.42 Å². The molecule has 2 heterocycles. The lowest BCUT2D eigenvalue weighted by molar-refractivity contribution is 0.00578. The van der Waals surface area contributed by atoms with E-state index in [1.807, 2.05) is 40.7 Å². The molecule has 0 radical (unpaired) electrons. The summed E-state index contributed by atoms with van der Waals surface area (Å²) in [5, 5.41) is 0. The maximum Gasteiger partial charge on any atom is 0.494 e. The molecule has 2 fully saturated rings. The highest BCUT2D eigenvalue weighted by atomic mass is 32.2. The Labute approximate surface area is 157 Å². The van der Waals surface area contributed by atoms with E-state index in [-0.39, 0.29) is 10.9 Å². The zero-order valence-electron chi connectivity index (χ0n) is 16.3. The number of sulfonamides is 1. The Morgan fingerprint density at radius 1 is 1.08 bits per heavy atom. The van der Waals surface area contributed by atoms with Crippen LogP contribution in [0.3, 0.4) is 0 Å². The number of rotatable bonds is 3. The van der Waals surface area contributed by atoms with Crippen LogP contribution in [0.1, 0.15) is 46.1 Å². The molecule has 26 heavy (non-hydrogen) atoms. The van der Waals surface area contributed by atoms with Gasteiger partial charge in [0.2, 0.25) is 10.0 Å². The quantitative estimate of drug-likeness (QED) is 0.802. The second kappa shape index (κ2) is 6.60. The van der Waals surface area contributed by atoms with Crippen molar-refractivity contribution < 1.29 is 17.7 Å². The molecule has 0 aromatic heterocycles. The van der Waals surface area contributed by atoms with E-state index < -0.39 is 28.3 Å². The predicted molar refractivity (Wildman–Crippen MR) is 103 cm³/mol. The number of benzene rings is 1. The molecular weight excluding hydrogens is 351 g/mol. The van der Waals surface area contributed by atoms with Crippen LogP contribution in [0.25, 0.3) is 0 Å². The molecule has 0 amide bonds.